The number of aromatic nitrogens is 3. The standard InChI is InChI=1S/C18H35N5S/c1-14(2)13-23-17(20-21-18(23)24-5)7-6-10-19-16-8-11-22(12-9-16)15(3)4/h14-16,19H,6-13H2,1-5H3. The van der Waals surface area contributed by atoms with Crippen molar-refractivity contribution >= 4 is 11.8 Å². The third-order valence-electron chi connectivity index (χ3n) is 4.79. The summed E-state index contributed by atoms with van der Waals surface area (Å²) in [6.07, 6.45) is 6.78. The minimum atomic E-state index is 0.620. The minimum Gasteiger partial charge on any atom is -0.314 e. The zero-order valence-corrected chi connectivity index (χ0v) is 16.9. The molecule has 0 aliphatic carbocycles. The Balaban J connectivity index is 1.72. The summed E-state index contributed by atoms with van der Waals surface area (Å²) in [5.41, 5.74) is 0. The predicted octanol–water partition coefficient (Wildman–Crippen LogP) is 3.05. The second-order valence-electron chi connectivity index (χ2n) is 7.57. The van der Waals surface area contributed by atoms with Crippen LogP contribution in [-0.4, -0.2) is 57.6 Å². The first-order valence-electron chi connectivity index (χ1n) is 9.44. The smallest absolute Gasteiger partial charge is 0.190 e. The number of nitrogens with one attached hydrogen (secondary N) is 1. The van der Waals surface area contributed by atoms with Crippen molar-refractivity contribution < 1.29 is 0 Å². The maximum Gasteiger partial charge on any atom is 0.190 e. The molecule has 0 saturated carbocycles. The molecule has 0 unspecified atom stereocenters. The van der Waals surface area contributed by atoms with E-state index in [1.807, 2.05) is 0 Å². The molecule has 138 valence electrons. The lowest BCUT2D eigenvalue weighted by Gasteiger charge is -2.35. The fourth-order valence-electron chi connectivity index (χ4n) is 3.38. The van der Waals surface area contributed by atoms with Gasteiger partial charge in [-0.3, -0.25) is 0 Å². The summed E-state index contributed by atoms with van der Waals surface area (Å²) in [4.78, 5) is 2.58. The Morgan fingerprint density at radius 2 is 1.88 bits per heavy atom. The lowest BCUT2D eigenvalue weighted by molar-refractivity contribution is 0.161. The Labute approximate surface area is 152 Å². The average molecular weight is 354 g/mol. The van der Waals surface area contributed by atoms with E-state index in [0.717, 1.165) is 36.9 Å². The molecule has 24 heavy (non-hydrogen) atoms. The highest BCUT2D eigenvalue weighted by atomic mass is 32.2. The topological polar surface area (TPSA) is 46.0 Å². The molecule has 1 saturated heterocycles. The van der Waals surface area contributed by atoms with Gasteiger partial charge in [0.05, 0.1) is 0 Å². The van der Waals surface area contributed by atoms with Gasteiger partial charge in [-0.25, -0.2) is 0 Å². The largest absolute Gasteiger partial charge is 0.314 e. The van der Waals surface area contributed by atoms with E-state index in [0.29, 0.717) is 18.0 Å². The van der Waals surface area contributed by atoms with Crippen molar-refractivity contribution in [2.24, 2.45) is 5.92 Å². The van der Waals surface area contributed by atoms with Gasteiger partial charge >= 0.3 is 0 Å². The Morgan fingerprint density at radius 1 is 1.17 bits per heavy atom. The van der Waals surface area contributed by atoms with Crippen LogP contribution in [0.3, 0.4) is 0 Å². The number of hydrogen-bond donors (Lipinski definition) is 1. The molecule has 0 atom stereocenters. The highest BCUT2D eigenvalue weighted by Gasteiger charge is 2.20. The predicted molar refractivity (Wildman–Crippen MR) is 103 cm³/mol. The lowest BCUT2D eigenvalue weighted by atomic mass is 10.0. The number of rotatable bonds is 9. The third kappa shape index (κ3) is 5.74. The van der Waals surface area contributed by atoms with Gasteiger partial charge in [-0.15, -0.1) is 10.2 Å². The van der Waals surface area contributed by atoms with Crippen molar-refractivity contribution in [1.82, 2.24) is 25.0 Å². The molecule has 2 rings (SSSR count). The number of aryl methyl sites for hydroxylation is 1. The van der Waals surface area contributed by atoms with Crippen molar-refractivity contribution in [3.8, 4) is 0 Å². The van der Waals surface area contributed by atoms with Crippen molar-refractivity contribution in [2.75, 3.05) is 25.9 Å². The first-order chi connectivity index (χ1) is 11.5. The van der Waals surface area contributed by atoms with Gasteiger partial charge in [-0.2, -0.15) is 0 Å². The molecule has 1 aromatic heterocycles. The monoisotopic (exact) mass is 353 g/mol. The molecule has 0 spiro atoms. The zero-order valence-electron chi connectivity index (χ0n) is 16.1. The van der Waals surface area contributed by atoms with Crippen LogP contribution in [0.4, 0.5) is 0 Å². The van der Waals surface area contributed by atoms with Gasteiger partial charge < -0.3 is 14.8 Å². The molecule has 0 bridgehead atoms. The fraction of sp³-hybridized carbons (Fsp3) is 0.889. The molecular weight excluding hydrogens is 318 g/mol. The van der Waals surface area contributed by atoms with Gasteiger partial charge in [0.15, 0.2) is 5.16 Å². The van der Waals surface area contributed by atoms with E-state index in [-0.39, 0.29) is 0 Å². The second-order valence-corrected chi connectivity index (χ2v) is 8.34. The van der Waals surface area contributed by atoms with E-state index < -0.39 is 0 Å². The van der Waals surface area contributed by atoms with E-state index in [9.17, 15) is 0 Å². The number of piperidine rings is 1. The van der Waals surface area contributed by atoms with Gasteiger partial charge in [0.2, 0.25) is 0 Å². The van der Waals surface area contributed by atoms with Gasteiger partial charge in [-0.1, -0.05) is 25.6 Å². The minimum absolute atomic E-state index is 0.620. The van der Waals surface area contributed by atoms with Gasteiger partial charge in [0.25, 0.3) is 0 Å². The SMILES string of the molecule is CSc1nnc(CCCNC2CCN(C(C)C)CC2)n1CC(C)C. The van der Waals surface area contributed by atoms with Crippen LogP contribution in [0.5, 0.6) is 0 Å². The number of nitrogens with zero attached hydrogens (tertiary/aromatic N) is 4. The van der Waals surface area contributed by atoms with Crippen LogP contribution in [-0.2, 0) is 13.0 Å². The highest BCUT2D eigenvalue weighted by molar-refractivity contribution is 7.98. The van der Waals surface area contributed by atoms with Crippen LogP contribution in [0, 0.1) is 5.92 Å². The Kier molecular flexibility index (Phi) is 8.04. The van der Waals surface area contributed by atoms with Gasteiger partial charge in [0, 0.05) is 25.0 Å². The molecule has 1 aliphatic heterocycles. The molecule has 1 fully saturated rings. The van der Waals surface area contributed by atoms with Crippen molar-refractivity contribution in [2.45, 2.75) is 77.2 Å². The van der Waals surface area contributed by atoms with E-state index in [1.54, 1.807) is 11.8 Å². The highest BCUT2D eigenvalue weighted by Crippen LogP contribution is 2.17. The lowest BCUT2D eigenvalue weighted by Crippen LogP contribution is -2.45. The Morgan fingerprint density at radius 3 is 2.46 bits per heavy atom. The van der Waals surface area contributed by atoms with Crippen LogP contribution < -0.4 is 5.32 Å². The van der Waals surface area contributed by atoms with Crippen LogP contribution in [0.1, 0.15) is 52.8 Å². The Bertz CT molecular complexity index is 478. The third-order valence-corrected chi connectivity index (χ3v) is 5.46. The average Bonchev–Trinajstić information content (AvgIpc) is 2.93. The summed E-state index contributed by atoms with van der Waals surface area (Å²) in [5.74, 6) is 1.76. The molecule has 0 radical (unpaired) electrons. The summed E-state index contributed by atoms with van der Waals surface area (Å²) >= 11 is 1.69. The van der Waals surface area contributed by atoms with Crippen molar-refractivity contribution in [3.63, 3.8) is 0 Å². The number of hydrogen-bond acceptors (Lipinski definition) is 5. The number of thioether (sulfide) groups is 1. The van der Waals surface area contributed by atoms with Crippen LogP contribution >= 0.6 is 11.8 Å². The molecule has 6 heteroatoms. The quantitative estimate of drug-likeness (QED) is 0.546. The van der Waals surface area contributed by atoms with Crippen LogP contribution in [0.15, 0.2) is 5.16 Å². The molecule has 2 heterocycles. The zero-order chi connectivity index (χ0) is 17.5. The summed E-state index contributed by atoms with van der Waals surface area (Å²) in [7, 11) is 0. The maximum atomic E-state index is 4.41. The van der Waals surface area contributed by atoms with E-state index in [1.165, 1.54) is 25.9 Å². The maximum absolute atomic E-state index is 4.41. The fourth-order valence-corrected chi connectivity index (χ4v) is 3.90. The van der Waals surface area contributed by atoms with Gasteiger partial charge in [-0.05, 0) is 64.9 Å². The summed E-state index contributed by atoms with van der Waals surface area (Å²) in [6.45, 7) is 13.6. The van der Waals surface area contributed by atoms with Crippen LogP contribution in [0.2, 0.25) is 0 Å². The summed E-state index contributed by atoms with van der Waals surface area (Å²) in [5, 5.41) is 13.5. The molecule has 1 aliphatic rings. The van der Waals surface area contributed by atoms with Crippen LogP contribution in [0.25, 0.3) is 0 Å². The Hall–Kier alpha value is -0.590. The molecule has 1 N–H and O–H groups in total. The number of likely N-dealkylation sites (tertiary alicyclic amines) is 1. The van der Waals surface area contributed by atoms with E-state index >= 15 is 0 Å². The molecule has 5 nitrogen and oxygen atoms in total. The first-order valence-corrected chi connectivity index (χ1v) is 10.7. The van der Waals surface area contributed by atoms with E-state index in [2.05, 4.69) is 58.9 Å². The van der Waals surface area contributed by atoms with Crippen molar-refractivity contribution in [1.29, 1.82) is 0 Å². The normalized spacial score (nSPS) is 17.3. The summed E-state index contributed by atoms with van der Waals surface area (Å²) in [6, 6.07) is 1.37. The van der Waals surface area contributed by atoms with Gasteiger partial charge in [0.1, 0.15) is 5.82 Å². The molecule has 1 aromatic rings. The molecule has 0 aromatic carbocycles. The second kappa shape index (κ2) is 9.78. The van der Waals surface area contributed by atoms with Crippen molar-refractivity contribution in [3.05, 3.63) is 5.82 Å². The van der Waals surface area contributed by atoms with E-state index in [4.69, 9.17) is 0 Å². The summed E-state index contributed by atoms with van der Waals surface area (Å²) < 4.78 is 2.30. The molecular formula is C18H35N5S. The first kappa shape index (κ1) is 19.7. The molecule has 0 amide bonds.